The highest BCUT2D eigenvalue weighted by Gasteiger charge is 2.14. The van der Waals surface area contributed by atoms with Crippen molar-refractivity contribution in [2.75, 3.05) is 24.2 Å². The zero-order chi connectivity index (χ0) is 16.1. The summed E-state index contributed by atoms with van der Waals surface area (Å²) >= 11 is 3.10. The van der Waals surface area contributed by atoms with Crippen LogP contribution >= 0.6 is 23.1 Å². The van der Waals surface area contributed by atoms with E-state index in [0.29, 0.717) is 6.54 Å². The number of thioether (sulfide) groups is 1. The summed E-state index contributed by atoms with van der Waals surface area (Å²) in [7, 11) is 0. The third-order valence-corrected chi connectivity index (χ3v) is 5.82. The molecular weight excluding hydrogens is 326 g/mol. The Labute approximate surface area is 145 Å². The number of hydrogen-bond acceptors (Lipinski definition) is 5. The lowest BCUT2D eigenvalue weighted by Crippen LogP contribution is -2.30. The van der Waals surface area contributed by atoms with Gasteiger partial charge in [0.1, 0.15) is 10.7 Å². The third-order valence-electron chi connectivity index (χ3n) is 4.00. The molecule has 0 spiro atoms. The largest absolute Gasteiger partial charge is 0.357 e. The summed E-state index contributed by atoms with van der Waals surface area (Å²) in [6.07, 6.45) is 7.61. The Morgan fingerprint density at radius 3 is 2.96 bits per heavy atom. The van der Waals surface area contributed by atoms with Crippen molar-refractivity contribution in [3.63, 3.8) is 0 Å². The van der Waals surface area contributed by atoms with Crippen LogP contribution in [-0.4, -0.2) is 30.2 Å². The molecular formula is C17H21N3OS2. The summed E-state index contributed by atoms with van der Waals surface area (Å²) in [5.41, 5.74) is 1.09. The highest BCUT2D eigenvalue weighted by molar-refractivity contribution is 7.98. The molecule has 23 heavy (non-hydrogen) atoms. The molecule has 0 radical (unpaired) electrons. The molecule has 4 nitrogen and oxygen atoms in total. The van der Waals surface area contributed by atoms with E-state index in [9.17, 15) is 4.79 Å². The fourth-order valence-corrected chi connectivity index (χ4v) is 4.42. The first-order valence-electron chi connectivity index (χ1n) is 7.87. The van der Waals surface area contributed by atoms with Gasteiger partial charge in [0.2, 0.25) is 0 Å². The van der Waals surface area contributed by atoms with Crippen molar-refractivity contribution < 1.29 is 4.79 Å². The normalized spacial score (nSPS) is 14.7. The molecule has 0 bridgehead atoms. The zero-order valence-corrected chi connectivity index (χ0v) is 14.9. The van der Waals surface area contributed by atoms with E-state index in [0.717, 1.165) is 34.2 Å². The van der Waals surface area contributed by atoms with Crippen LogP contribution in [0.15, 0.2) is 34.7 Å². The number of aromatic nitrogens is 1. The topological polar surface area (TPSA) is 45.2 Å². The molecule has 3 rings (SSSR count). The third kappa shape index (κ3) is 4.06. The molecule has 0 unspecified atom stereocenters. The molecule has 0 aromatic carbocycles. The van der Waals surface area contributed by atoms with Gasteiger partial charge < -0.3 is 10.2 Å². The molecule has 0 aliphatic carbocycles. The maximum absolute atomic E-state index is 12.3. The second-order valence-corrected chi connectivity index (χ2v) is 7.33. The van der Waals surface area contributed by atoms with Crippen LogP contribution < -0.4 is 10.2 Å². The number of nitrogens with one attached hydrogen (secondary N) is 1. The number of nitrogens with zero attached hydrogens (tertiary/aromatic N) is 2. The number of hydrogen-bond donors (Lipinski definition) is 1. The number of amides is 1. The van der Waals surface area contributed by atoms with Crippen LogP contribution in [0.3, 0.4) is 0 Å². The SMILES string of the molecule is CSc1ccsc1C(=O)NCc1ccnc(N2CCCCC2)c1. The first-order valence-corrected chi connectivity index (χ1v) is 9.98. The molecule has 1 amide bonds. The van der Waals surface area contributed by atoms with Gasteiger partial charge in [-0.05, 0) is 54.7 Å². The van der Waals surface area contributed by atoms with Crippen LogP contribution in [0.2, 0.25) is 0 Å². The zero-order valence-electron chi connectivity index (χ0n) is 13.2. The van der Waals surface area contributed by atoms with Gasteiger partial charge in [0.25, 0.3) is 5.91 Å². The Hall–Kier alpha value is -1.53. The molecule has 1 N–H and O–H groups in total. The van der Waals surface area contributed by atoms with Crippen LogP contribution in [0.25, 0.3) is 0 Å². The molecule has 1 fully saturated rings. The predicted molar refractivity (Wildman–Crippen MR) is 97.6 cm³/mol. The number of anilines is 1. The summed E-state index contributed by atoms with van der Waals surface area (Å²) < 4.78 is 0. The van der Waals surface area contributed by atoms with Crippen molar-refractivity contribution in [3.05, 3.63) is 40.2 Å². The Balaban J connectivity index is 1.63. The summed E-state index contributed by atoms with van der Waals surface area (Å²) in [5, 5.41) is 4.98. The van der Waals surface area contributed by atoms with Crippen LogP contribution in [0.1, 0.15) is 34.5 Å². The van der Waals surface area contributed by atoms with Gasteiger partial charge in [0, 0.05) is 30.7 Å². The van der Waals surface area contributed by atoms with Gasteiger partial charge in [0.15, 0.2) is 0 Å². The molecule has 122 valence electrons. The Bertz CT molecular complexity index is 665. The molecule has 2 aromatic rings. The number of piperidine rings is 1. The monoisotopic (exact) mass is 347 g/mol. The van der Waals surface area contributed by atoms with Crippen molar-refractivity contribution in [2.24, 2.45) is 0 Å². The minimum Gasteiger partial charge on any atom is -0.357 e. The van der Waals surface area contributed by atoms with E-state index in [1.54, 1.807) is 11.8 Å². The lowest BCUT2D eigenvalue weighted by Gasteiger charge is -2.27. The Morgan fingerprint density at radius 1 is 1.35 bits per heavy atom. The number of rotatable bonds is 5. The van der Waals surface area contributed by atoms with Crippen molar-refractivity contribution in [3.8, 4) is 0 Å². The number of carbonyl (C=O) groups excluding carboxylic acids is 1. The molecule has 0 atom stereocenters. The molecule has 6 heteroatoms. The summed E-state index contributed by atoms with van der Waals surface area (Å²) in [5.74, 6) is 1.03. The highest BCUT2D eigenvalue weighted by atomic mass is 32.2. The van der Waals surface area contributed by atoms with E-state index in [-0.39, 0.29) is 5.91 Å². The van der Waals surface area contributed by atoms with Gasteiger partial charge >= 0.3 is 0 Å². The minimum atomic E-state index is 0.000634. The van der Waals surface area contributed by atoms with Gasteiger partial charge in [-0.2, -0.15) is 0 Å². The molecule has 1 saturated heterocycles. The van der Waals surface area contributed by atoms with E-state index in [4.69, 9.17) is 0 Å². The molecule has 0 saturated carbocycles. The molecule has 1 aliphatic rings. The van der Waals surface area contributed by atoms with E-state index < -0.39 is 0 Å². The number of carbonyl (C=O) groups is 1. The summed E-state index contributed by atoms with van der Waals surface area (Å²) in [6.45, 7) is 2.69. The van der Waals surface area contributed by atoms with Gasteiger partial charge in [-0.15, -0.1) is 23.1 Å². The maximum Gasteiger partial charge on any atom is 0.262 e. The van der Waals surface area contributed by atoms with Crippen molar-refractivity contribution >= 4 is 34.8 Å². The summed E-state index contributed by atoms with van der Waals surface area (Å²) in [6, 6.07) is 6.05. The summed E-state index contributed by atoms with van der Waals surface area (Å²) in [4.78, 5) is 21.0. The first-order chi connectivity index (χ1) is 11.3. The lowest BCUT2D eigenvalue weighted by atomic mass is 10.1. The average Bonchev–Trinajstić information content (AvgIpc) is 3.09. The highest BCUT2D eigenvalue weighted by Crippen LogP contribution is 2.25. The second kappa shape index (κ2) is 7.84. The van der Waals surface area contributed by atoms with Gasteiger partial charge in [-0.25, -0.2) is 4.98 Å². The van der Waals surface area contributed by atoms with Crippen molar-refractivity contribution in [2.45, 2.75) is 30.7 Å². The standard InChI is InChI=1S/C17H21N3OS2/c1-22-14-6-10-23-16(14)17(21)19-12-13-5-7-18-15(11-13)20-8-3-2-4-9-20/h5-7,10-11H,2-4,8-9,12H2,1H3,(H,19,21). The van der Waals surface area contributed by atoms with Gasteiger partial charge in [0.05, 0.1) is 0 Å². The fraction of sp³-hybridized carbons (Fsp3) is 0.412. The van der Waals surface area contributed by atoms with Crippen molar-refractivity contribution in [1.29, 1.82) is 0 Å². The first kappa shape index (κ1) is 16.3. The van der Waals surface area contributed by atoms with E-state index in [1.807, 2.05) is 30.0 Å². The number of pyridine rings is 1. The number of thiophene rings is 1. The smallest absolute Gasteiger partial charge is 0.262 e. The van der Waals surface area contributed by atoms with Gasteiger partial charge in [-0.1, -0.05) is 0 Å². The van der Waals surface area contributed by atoms with Gasteiger partial charge in [-0.3, -0.25) is 4.79 Å². The molecule has 1 aliphatic heterocycles. The van der Waals surface area contributed by atoms with Crippen molar-refractivity contribution in [1.82, 2.24) is 10.3 Å². The predicted octanol–water partition coefficient (Wildman–Crippen LogP) is 3.79. The van der Waals surface area contributed by atoms with Crippen LogP contribution in [-0.2, 0) is 6.54 Å². The minimum absolute atomic E-state index is 0.000634. The van der Waals surface area contributed by atoms with Crippen LogP contribution in [0.5, 0.6) is 0 Å². The fourth-order valence-electron chi connectivity index (χ4n) is 2.75. The Kier molecular flexibility index (Phi) is 5.56. The van der Waals surface area contributed by atoms with Crippen LogP contribution in [0.4, 0.5) is 5.82 Å². The second-order valence-electron chi connectivity index (χ2n) is 5.57. The quantitative estimate of drug-likeness (QED) is 0.836. The molecule has 2 aromatic heterocycles. The maximum atomic E-state index is 12.3. The van der Waals surface area contributed by atoms with E-state index >= 15 is 0 Å². The lowest BCUT2D eigenvalue weighted by molar-refractivity contribution is 0.0952. The Morgan fingerprint density at radius 2 is 2.17 bits per heavy atom. The molecule has 3 heterocycles. The van der Waals surface area contributed by atoms with E-state index in [1.165, 1.54) is 30.6 Å². The van der Waals surface area contributed by atoms with Crippen LogP contribution in [0, 0.1) is 0 Å². The average molecular weight is 348 g/mol. The van der Waals surface area contributed by atoms with E-state index in [2.05, 4.69) is 21.3 Å².